The van der Waals surface area contributed by atoms with Crippen LogP contribution in [0.5, 0.6) is 0 Å². The van der Waals surface area contributed by atoms with Crippen LogP contribution in [0.3, 0.4) is 0 Å². The van der Waals surface area contributed by atoms with Crippen LogP contribution in [-0.2, 0) is 17.6 Å². The lowest BCUT2D eigenvalue weighted by Gasteiger charge is -2.04. The van der Waals surface area contributed by atoms with Crippen molar-refractivity contribution in [2.45, 2.75) is 40.0 Å². The van der Waals surface area contributed by atoms with Crippen molar-refractivity contribution in [3.63, 3.8) is 0 Å². The third-order valence-corrected chi connectivity index (χ3v) is 5.00. The van der Waals surface area contributed by atoms with Gasteiger partial charge in [-0.2, -0.15) is 0 Å². The topological polar surface area (TPSA) is 54.9 Å². The van der Waals surface area contributed by atoms with Gasteiger partial charge in [0.15, 0.2) is 0 Å². The van der Waals surface area contributed by atoms with E-state index in [-0.39, 0.29) is 5.91 Å². The largest absolute Gasteiger partial charge is 0.356 e. The van der Waals surface area contributed by atoms with Crippen LogP contribution >= 0.6 is 22.7 Å². The van der Waals surface area contributed by atoms with Crippen molar-refractivity contribution in [2.75, 3.05) is 6.54 Å². The smallest absolute Gasteiger partial charge is 0.226 e. The number of aromatic nitrogens is 2. The van der Waals surface area contributed by atoms with Crippen molar-refractivity contribution in [2.24, 2.45) is 0 Å². The third kappa shape index (κ3) is 4.11. The van der Waals surface area contributed by atoms with Gasteiger partial charge in [0.25, 0.3) is 0 Å². The highest BCUT2D eigenvalue weighted by atomic mass is 32.1. The van der Waals surface area contributed by atoms with Gasteiger partial charge in [0, 0.05) is 16.3 Å². The summed E-state index contributed by atoms with van der Waals surface area (Å²) >= 11 is 3.33. The summed E-state index contributed by atoms with van der Waals surface area (Å²) in [4.78, 5) is 22.9. The zero-order valence-electron chi connectivity index (χ0n) is 12.0. The Hall–Kier alpha value is -1.27. The van der Waals surface area contributed by atoms with Gasteiger partial charge in [-0.3, -0.25) is 4.79 Å². The molecule has 0 spiro atoms. The first-order valence-corrected chi connectivity index (χ1v) is 8.34. The number of carbonyl (C=O) groups is 1. The molecule has 1 amide bonds. The van der Waals surface area contributed by atoms with Crippen LogP contribution in [0.1, 0.15) is 32.6 Å². The van der Waals surface area contributed by atoms with Crippen LogP contribution in [0.25, 0.3) is 0 Å². The van der Waals surface area contributed by atoms with E-state index in [0.29, 0.717) is 13.0 Å². The fraction of sp³-hybridized carbons (Fsp3) is 0.500. The Morgan fingerprint density at radius 1 is 1.35 bits per heavy atom. The summed E-state index contributed by atoms with van der Waals surface area (Å²) in [7, 11) is 0. The highest BCUT2D eigenvalue weighted by Crippen LogP contribution is 2.17. The quantitative estimate of drug-likeness (QED) is 0.835. The van der Waals surface area contributed by atoms with Gasteiger partial charge in [-0.25, -0.2) is 9.97 Å². The molecule has 1 N–H and O–H groups in total. The summed E-state index contributed by atoms with van der Waals surface area (Å²) in [5.41, 5.74) is 3.88. The first-order valence-electron chi connectivity index (χ1n) is 6.65. The second-order valence-electron chi connectivity index (χ2n) is 4.73. The minimum Gasteiger partial charge on any atom is -0.356 e. The normalized spacial score (nSPS) is 10.8. The van der Waals surface area contributed by atoms with Gasteiger partial charge in [0.2, 0.25) is 5.91 Å². The van der Waals surface area contributed by atoms with Crippen LogP contribution in [0, 0.1) is 20.8 Å². The maximum atomic E-state index is 11.8. The Morgan fingerprint density at radius 3 is 2.75 bits per heavy atom. The van der Waals surface area contributed by atoms with Crippen LogP contribution in [0.15, 0.2) is 5.51 Å². The SMILES string of the molecule is Cc1nc(CC(=O)NCCCc2scnc2C)c(C)s1. The van der Waals surface area contributed by atoms with Crippen molar-refractivity contribution in [3.05, 3.63) is 31.7 Å². The Morgan fingerprint density at radius 2 is 2.15 bits per heavy atom. The number of nitrogens with one attached hydrogen (secondary N) is 1. The zero-order valence-corrected chi connectivity index (χ0v) is 13.7. The molecule has 0 aliphatic rings. The maximum Gasteiger partial charge on any atom is 0.226 e. The van der Waals surface area contributed by atoms with Crippen molar-refractivity contribution in [3.8, 4) is 0 Å². The first kappa shape index (κ1) is 15.1. The number of amides is 1. The number of rotatable bonds is 6. The summed E-state index contributed by atoms with van der Waals surface area (Å²) in [6, 6.07) is 0. The molecule has 2 aromatic heterocycles. The second kappa shape index (κ2) is 6.95. The highest BCUT2D eigenvalue weighted by Gasteiger charge is 2.10. The lowest BCUT2D eigenvalue weighted by molar-refractivity contribution is -0.120. The van der Waals surface area contributed by atoms with Crippen molar-refractivity contribution < 1.29 is 4.79 Å². The van der Waals surface area contributed by atoms with E-state index in [1.54, 1.807) is 22.7 Å². The maximum absolute atomic E-state index is 11.8. The Kier molecular flexibility index (Phi) is 5.25. The molecule has 6 heteroatoms. The fourth-order valence-electron chi connectivity index (χ4n) is 1.99. The van der Waals surface area contributed by atoms with E-state index in [0.717, 1.165) is 34.1 Å². The molecule has 20 heavy (non-hydrogen) atoms. The molecule has 0 aliphatic heterocycles. The van der Waals surface area contributed by atoms with Crippen molar-refractivity contribution >= 4 is 28.6 Å². The van der Waals surface area contributed by atoms with Crippen LogP contribution < -0.4 is 5.32 Å². The molecule has 0 aliphatic carbocycles. The minimum absolute atomic E-state index is 0.0550. The molecular weight excluding hydrogens is 290 g/mol. The van der Waals surface area contributed by atoms with E-state index in [1.807, 2.05) is 26.3 Å². The Balaban J connectivity index is 1.70. The lowest BCUT2D eigenvalue weighted by atomic mass is 10.2. The average Bonchev–Trinajstić information content (AvgIpc) is 2.92. The molecule has 0 bridgehead atoms. The Labute approximate surface area is 127 Å². The molecule has 0 aromatic carbocycles. The van der Waals surface area contributed by atoms with Crippen LogP contribution in [-0.4, -0.2) is 22.4 Å². The molecule has 2 aromatic rings. The van der Waals surface area contributed by atoms with E-state index in [2.05, 4.69) is 15.3 Å². The predicted molar refractivity (Wildman–Crippen MR) is 83.5 cm³/mol. The average molecular weight is 309 g/mol. The van der Waals surface area contributed by atoms with Gasteiger partial charge < -0.3 is 5.32 Å². The predicted octanol–water partition coefficient (Wildman–Crippen LogP) is 2.82. The number of hydrogen-bond donors (Lipinski definition) is 1. The summed E-state index contributed by atoms with van der Waals surface area (Å²) in [5, 5.41) is 3.98. The molecular formula is C14H19N3OS2. The summed E-state index contributed by atoms with van der Waals surface area (Å²) in [6.45, 7) is 6.71. The molecule has 2 heterocycles. The highest BCUT2D eigenvalue weighted by molar-refractivity contribution is 7.11. The lowest BCUT2D eigenvalue weighted by Crippen LogP contribution is -2.26. The summed E-state index contributed by atoms with van der Waals surface area (Å²) in [5.74, 6) is 0.0550. The third-order valence-electron chi connectivity index (χ3n) is 3.08. The molecule has 0 atom stereocenters. The van der Waals surface area contributed by atoms with Gasteiger partial charge in [0.05, 0.1) is 28.3 Å². The zero-order chi connectivity index (χ0) is 14.5. The van der Waals surface area contributed by atoms with E-state index in [4.69, 9.17) is 0 Å². The van der Waals surface area contributed by atoms with Gasteiger partial charge >= 0.3 is 0 Å². The fourth-order valence-corrected chi connectivity index (χ4v) is 3.65. The number of aryl methyl sites for hydroxylation is 4. The van der Waals surface area contributed by atoms with Crippen LogP contribution in [0.2, 0.25) is 0 Å². The van der Waals surface area contributed by atoms with Crippen molar-refractivity contribution in [1.29, 1.82) is 0 Å². The molecule has 0 radical (unpaired) electrons. The first-order chi connectivity index (χ1) is 9.56. The second-order valence-corrected chi connectivity index (χ2v) is 7.07. The summed E-state index contributed by atoms with van der Waals surface area (Å²) < 4.78 is 0. The van der Waals surface area contributed by atoms with E-state index >= 15 is 0 Å². The number of thiazole rings is 2. The molecule has 4 nitrogen and oxygen atoms in total. The van der Waals surface area contributed by atoms with Gasteiger partial charge in [-0.15, -0.1) is 22.7 Å². The van der Waals surface area contributed by atoms with E-state index in [9.17, 15) is 4.79 Å². The molecule has 0 saturated carbocycles. The van der Waals surface area contributed by atoms with E-state index < -0.39 is 0 Å². The van der Waals surface area contributed by atoms with Crippen molar-refractivity contribution in [1.82, 2.24) is 15.3 Å². The number of nitrogens with zero attached hydrogens (tertiary/aromatic N) is 2. The molecule has 0 fully saturated rings. The molecule has 2 rings (SSSR count). The molecule has 108 valence electrons. The summed E-state index contributed by atoms with van der Waals surface area (Å²) in [6.07, 6.45) is 2.31. The monoisotopic (exact) mass is 309 g/mol. The minimum atomic E-state index is 0.0550. The number of carbonyl (C=O) groups excluding carboxylic acids is 1. The number of hydrogen-bond acceptors (Lipinski definition) is 5. The standard InChI is InChI=1S/C14H19N3OS2/c1-9-13(19-8-16-9)5-4-6-15-14(18)7-12-10(2)20-11(3)17-12/h8H,4-7H2,1-3H3,(H,15,18). The van der Waals surface area contributed by atoms with Gasteiger partial charge in [0.1, 0.15) is 0 Å². The van der Waals surface area contributed by atoms with Gasteiger partial charge in [-0.1, -0.05) is 0 Å². The van der Waals surface area contributed by atoms with Gasteiger partial charge in [-0.05, 0) is 33.6 Å². The Bertz CT molecular complexity index is 589. The molecule has 0 unspecified atom stereocenters. The van der Waals surface area contributed by atoms with E-state index in [1.165, 1.54) is 4.88 Å². The molecule has 0 saturated heterocycles. The van der Waals surface area contributed by atoms with Crippen LogP contribution in [0.4, 0.5) is 0 Å².